The van der Waals surface area contributed by atoms with E-state index in [4.69, 9.17) is 5.73 Å². The molecule has 2 aromatic rings. The van der Waals surface area contributed by atoms with Crippen LogP contribution in [0.2, 0.25) is 0 Å². The predicted octanol–water partition coefficient (Wildman–Crippen LogP) is 3.06. The molecule has 3 N–H and O–H groups in total. The fraction of sp³-hybridized carbons (Fsp3) is 0.412. The number of aromatic nitrogens is 2. The number of nitrogens with zero attached hydrogens (tertiary/aromatic N) is 2. The van der Waals surface area contributed by atoms with E-state index in [2.05, 4.69) is 10.4 Å². The van der Waals surface area contributed by atoms with Crippen molar-refractivity contribution in [3.05, 3.63) is 41.8 Å². The van der Waals surface area contributed by atoms with Gasteiger partial charge < -0.3 is 11.1 Å². The van der Waals surface area contributed by atoms with E-state index in [1.165, 1.54) is 12.1 Å². The Morgan fingerprint density at radius 3 is 2.75 bits per heavy atom. The molecule has 2 atom stereocenters. The molecule has 130 valence electrons. The Morgan fingerprint density at radius 1 is 1.38 bits per heavy atom. The zero-order valence-electron chi connectivity index (χ0n) is 13.5. The molecule has 1 aromatic carbocycles. The number of hydrogen-bond donors (Lipinski definition) is 2. The Kier molecular flexibility index (Phi) is 5.96. The minimum Gasteiger partial charge on any atom is -0.330 e. The van der Waals surface area contributed by atoms with Gasteiger partial charge in [-0.15, -0.1) is 12.4 Å². The third-order valence-electron chi connectivity index (χ3n) is 4.45. The van der Waals surface area contributed by atoms with Gasteiger partial charge in [0.1, 0.15) is 11.6 Å². The number of nitrogens with one attached hydrogen (secondary N) is 1. The van der Waals surface area contributed by atoms with Crippen molar-refractivity contribution in [2.24, 2.45) is 17.6 Å². The zero-order chi connectivity index (χ0) is 16.4. The number of halogens is 2. The van der Waals surface area contributed by atoms with Gasteiger partial charge >= 0.3 is 0 Å². The normalized spacial score (nSPS) is 19.8. The molecule has 1 aliphatic carbocycles. The molecule has 0 aliphatic heterocycles. The van der Waals surface area contributed by atoms with Gasteiger partial charge in [-0.2, -0.15) is 5.10 Å². The lowest BCUT2D eigenvalue weighted by molar-refractivity contribution is -0.120. The number of carbonyl (C=O) groups excluding carboxylic acids is 1. The summed E-state index contributed by atoms with van der Waals surface area (Å²) in [6.45, 7) is 2.39. The molecule has 0 spiro atoms. The Hall–Kier alpha value is -1.92. The zero-order valence-corrected chi connectivity index (χ0v) is 14.4. The molecule has 1 aromatic heterocycles. The van der Waals surface area contributed by atoms with Crippen molar-refractivity contribution in [1.82, 2.24) is 9.78 Å². The SMILES string of the molecule is Cc1cc(NC(=O)[C@@H]2CCC[C@@H]2CN)n(-c2ccc(F)cc2)n1.Cl. The molecule has 1 amide bonds. The summed E-state index contributed by atoms with van der Waals surface area (Å²) in [6, 6.07) is 7.83. The average molecular weight is 353 g/mol. The van der Waals surface area contributed by atoms with Crippen molar-refractivity contribution in [3.63, 3.8) is 0 Å². The van der Waals surface area contributed by atoms with E-state index in [0.29, 0.717) is 18.1 Å². The quantitative estimate of drug-likeness (QED) is 0.888. The Balaban J connectivity index is 0.00000208. The van der Waals surface area contributed by atoms with Crippen molar-refractivity contribution in [1.29, 1.82) is 0 Å². The van der Waals surface area contributed by atoms with Crippen LogP contribution in [0.5, 0.6) is 0 Å². The molecule has 5 nitrogen and oxygen atoms in total. The number of amides is 1. The molecule has 1 fully saturated rings. The summed E-state index contributed by atoms with van der Waals surface area (Å²) < 4.78 is 14.7. The van der Waals surface area contributed by atoms with Crippen LogP contribution in [0.3, 0.4) is 0 Å². The molecular weight excluding hydrogens is 331 g/mol. The number of rotatable bonds is 4. The molecule has 1 heterocycles. The third-order valence-corrected chi connectivity index (χ3v) is 4.45. The molecule has 1 aliphatic rings. The third kappa shape index (κ3) is 3.76. The monoisotopic (exact) mass is 352 g/mol. The molecule has 0 saturated heterocycles. The van der Waals surface area contributed by atoms with Gasteiger partial charge in [0, 0.05) is 12.0 Å². The first kappa shape index (κ1) is 18.4. The van der Waals surface area contributed by atoms with E-state index >= 15 is 0 Å². The van der Waals surface area contributed by atoms with Crippen LogP contribution in [0, 0.1) is 24.6 Å². The fourth-order valence-corrected chi connectivity index (χ4v) is 3.25. The summed E-state index contributed by atoms with van der Waals surface area (Å²) in [5.41, 5.74) is 7.25. The van der Waals surface area contributed by atoms with Crippen molar-refractivity contribution < 1.29 is 9.18 Å². The van der Waals surface area contributed by atoms with Crippen molar-refractivity contribution in [2.45, 2.75) is 26.2 Å². The molecule has 7 heteroatoms. The van der Waals surface area contributed by atoms with Gasteiger partial charge in [-0.3, -0.25) is 4.79 Å². The van der Waals surface area contributed by atoms with Crippen LogP contribution in [-0.4, -0.2) is 22.2 Å². The maximum Gasteiger partial charge on any atom is 0.228 e. The van der Waals surface area contributed by atoms with E-state index in [-0.39, 0.29) is 36.0 Å². The van der Waals surface area contributed by atoms with Crippen LogP contribution in [0.4, 0.5) is 10.2 Å². The number of aryl methyl sites for hydroxylation is 1. The summed E-state index contributed by atoms with van der Waals surface area (Å²) in [5.74, 6) is 0.484. The fourth-order valence-electron chi connectivity index (χ4n) is 3.25. The first-order chi connectivity index (χ1) is 11.1. The highest BCUT2D eigenvalue weighted by Crippen LogP contribution is 2.32. The second-order valence-corrected chi connectivity index (χ2v) is 6.08. The Morgan fingerprint density at radius 2 is 2.08 bits per heavy atom. The van der Waals surface area contributed by atoms with E-state index < -0.39 is 0 Å². The van der Waals surface area contributed by atoms with Crippen molar-refractivity contribution in [3.8, 4) is 5.69 Å². The van der Waals surface area contributed by atoms with Gasteiger partial charge in [0.25, 0.3) is 0 Å². The number of benzene rings is 1. The van der Waals surface area contributed by atoms with E-state index in [0.717, 1.165) is 25.0 Å². The molecule has 0 bridgehead atoms. The maximum absolute atomic E-state index is 13.1. The number of nitrogens with two attached hydrogens (primary N) is 1. The van der Waals surface area contributed by atoms with Gasteiger partial charge in [0.2, 0.25) is 5.91 Å². The van der Waals surface area contributed by atoms with Gasteiger partial charge in [-0.25, -0.2) is 9.07 Å². The van der Waals surface area contributed by atoms with Crippen molar-refractivity contribution in [2.75, 3.05) is 11.9 Å². The largest absolute Gasteiger partial charge is 0.330 e. The number of anilines is 1. The summed E-state index contributed by atoms with van der Waals surface area (Å²) in [4.78, 5) is 12.6. The minimum atomic E-state index is -0.306. The summed E-state index contributed by atoms with van der Waals surface area (Å²) in [6.07, 6.45) is 2.92. The molecule has 1 saturated carbocycles. The van der Waals surface area contributed by atoms with Crippen LogP contribution >= 0.6 is 12.4 Å². The lowest BCUT2D eigenvalue weighted by atomic mass is 9.95. The molecule has 24 heavy (non-hydrogen) atoms. The highest BCUT2D eigenvalue weighted by molar-refractivity contribution is 5.92. The summed E-state index contributed by atoms with van der Waals surface area (Å²) in [5, 5.41) is 7.35. The first-order valence-corrected chi connectivity index (χ1v) is 7.92. The van der Waals surface area contributed by atoms with Gasteiger partial charge in [-0.1, -0.05) is 6.42 Å². The number of carbonyl (C=O) groups is 1. The summed E-state index contributed by atoms with van der Waals surface area (Å²) >= 11 is 0. The van der Waals surface area contributed by atoms with Crippen LogP contribution in [0.15, 0.2) is 30.3 Å². The topological polar surface area (TPSA) is 72.9 Å². The molecule has 0 unspecified atom stereocenters. The maximum atomic E-state index is 13.1. The van der Waals surface area contributed by atoms with E-state index in [9.17, 15) is 9.18 Å². The van der Waals surface area contributed by atoms with Gasteiger partial charge in [0.05, 0.1) is 11.4 Å². The van der Waals surface area contributed by atoms with Crippen LogP contribution in [-0.2, 0) is 4.79 Å². The Labute approximate surface area is 146 Å². The van der Waals surface area contributed by atoms with Crippen LogP contribution in [0.25, 0.3) is 5.69 Å². The smallest absolute Gasteiger partial charge is 0.228 e. The second-order valence-electron chi connectivity index (χ2n) is 6.08. The van der Waals surface area contributed by atoms with Gasteiger partial charge in [-0.05, 0) is 56.5 Å². The standard InChI is InChI=1S/C17H21FN4O.ClH/c1-11-9-16(20-17(23)15-4-2-3-12(15)10-19)22(21-11)14-7-5-13(18)6-8-14;/h5-9,12,15H,2-4,10,19H2,1H3,(H,20,23);1H/t12-,15-;/m1./s1. The summed E-state index contributed by atoms with van der Waals surface area (Å²) in [7, 11) is 0. The van der Waals surface area contributed by atoms with E-state index in [1.54, 1.807) is 16.8 Å². The predicted molar refractivity (Wildman–Crippen MR) is 94.0 cm³/mol. The molecular formula is C17H22ClFN4O. The highest BCUT2D eigenvalue weighted by Gasteiger charge is 2.32. The minimum absolute atomic E-state index is 0. The number of hydrogen-bond acceptors (Lipinski definition) is 3. The first-order valence-electron chi connectivity index (χ1n) is 7.92. The Bertz CT molecular complexity index is 701. The van der Waals surface area contributed by atoms with Crippen molar-refractivity contribution >= 4 is 24.1 Å². The highest BCUT2D eigenvalue weighted by atomic mass is 35.5. The average Bonchev–Trinajstić information content (AvgIpc) is 3.14. The van der Waals surface area contributed by atoms with Crippen LogP contribution in [0.1, 0.15) is 25.0 Å². The lowest BCUT2D eigenvalue weighted by Crippen LogP contribution is -2.30. The lowest BCUT2D eigenvalue weighted by Gasteiger charge is -2.17. The molecule has 3 rings (SSSR count). The van der Waals surface area contributed by atoms with Gasteiger partial charge in [0.15, 0.2) is 0 Å². The molecule has 0 radical (unpaired) electrons. The van der Waals surface area contributed by atoms with E-state index in [1.807, 2.05) is 13.0 Å². The van der Waals surface area contributed by atoms with Crippen LogP contribution < -0.4 is 11.1 Å². The second kappa shape index (κ2) is 7.77.